The maximum atomic E-state index is 13.0. The van der Waals surface area contributed by atoms with Crippen LogP contribution >= 0.6 is 34.5 Å². The Morgan fingerprint density at radius 3 is 2.65 bits per heavy atom. The molecule has 0 fully saturated rings. The van der Waals surface area contributed by atoms with E-state index in [1.54, 1.807) is 6.92 Å². The zero-order chi connectivity index (χ0) is 27.2. The first kappa shape index (κ1) is 28.5. The number of carbonyl (C=O) groups excluding carboxylic acids is 2. The minimum atomic E-state index is -4.71. The average molecular weight is 572 g/mol. The van der Waals surface area contributed by atoms with Crippen molar-refractivity contribution in [2.24, 2.45) is 0 Å². The number of aromatic nitrogens is 4. The van der Waals surface area contributed by atoms with E-state index in [9.17, 15) is 22.8 Å². The molecule has 0 aliphatic carbocycles. The lowest BCUT2D eigenvalue weighted by atomic mass is 10.0. The second-order valence-corrected chi connectivity index (χ2v) is 9.45. The number of alkyl halides is 3. The molecule has 0 spiro atoms. The van der Waals surface area contributed by atoms with E-state index in [1.807, 2.05) is 0 Å². The van der Waals surface area contributed by atoms with Crippen molar-refractivity contribution >= 4 is 52.0 Å². The molecule has 194 valence electrons. The molecule has 0 aromatic carbocycles. The molecule has 14 heteroatoms. The number of hydrogen-bond acceptors (Lipinski definition) is 8. The number of unbranched alkanes of at least 4 members (excludes halogenated alkanes) is 1. The SMILES string of the molecule is C[C@@H](CC(=O)c1ncnc(C#CCCCO)c1Cl)c1ncc(C(=O)Nc2cc(C(F)(F)F)c(Cl)cn2)s1. The summed E-state index contributed by atoms with van der Waals surface area (Å²) in [6.45, 7) is 1.73. The summed E-state index contributed by atoms with van der Waals surface area (Å²) in [5.74, 6) is 3.72. The lowest BCUT2D eigenvalue weighted by Gasteiger charge is -2.10. The molecule has 0 saturated carbocycles. The third-order valence-corrected chi connectivity index (χ3v) is 6.67. The number of halogens is 5. The van der Waals surface area contributed by atoms with Gasteiger partial charge in [0.15, 0.2) is 5.78 Å². The summed E-state index contributed by atoms with van der Waals surface area (Å²) in [7, 11) is 0. The Kier molecular flexibility index (Phi) is 9.56. The van der Waals surface area contributed by atoms with Crippen molar-refractivity contribution in [3.8, 4) is 11.8 Å². The van der Waals surface area contributed by atoms with Gasteiger partial charge in [0, 0.05) is 31.6 Å². The number of hydrogen-bond donors (Lipinski definition) is 2. The molecule has 2 N–H and O–H groups in total. The minimum absolute atomic E-state index is 0.00113. The number of ketones is 1. The molecule has 3 heterocycles. The first-order chi connectivity index (χ1) is 17.5. The van der Waals surface area contributed by atoms with Crippen LogP contribution in [0.15, 0.2) is 24.8 Å². The van der Waals surface area contributed by atoms with Crippen LogP contribution < -0.4 is 5.32 Å². The fourth-order valence-corrected chi connectivity index (χ4v) is 4.27. The summed E-state index contributed by atoms with van der Waals surface area (Å²) in [4.78, 5) is 41.3. The summed E-state index contributed by atoms with van der Waals surface area (Å²) < 4.78 is 39.1. The highest BCUT2D eigenvalue weighted by atomic mass is 35.5. The Bertz CT molecular complexity index is 1370. The molecule has 3 aromatic heterocycles. The summed E-state index contributed by atoms with van der Waals surface area (Å²) in [5.41, 5.74) is -0.929. The Morgan fingerprint density at radius 2 is 1.95 bits per heavy atom. The molecule has 0 radical (unpaired) electrons. The Hall–Kier alpha value is -3.11. The van der Waals surface area contributed by atoms with E-state index in [1.165, 1.54) is 12.5 Å². The van der Waals surface area contributed by atoms with Crippen molar-refractivity contribution in [1.29, 1.82) is 0 Å². The predicted molar refractivity (Wildman–Crippen MR) is 132 cm³/mol. The van der Waals surface area contributed by atoms with Crippen LogP contribution in [0, 0.1) is 11.8 Å². The largest absolute Gasteiger partial charge is 0.418 e. The molecule has 0 unspecified atom stereocenters. The van der Waals surface area contributed by atoms with E-state index >= 15 is 0 Å². The van der Waals surface area contributed by atoms with Crippen LogP contribution in [0.1, 0.15) is 68.5 Å². The molecule has 0 saturated heterocycles. The molecule has 0 aliphatic rings. The van der Waals surface area contributed by atoms with Gasteiger partial charge in [-0.1, -0.05) is 36.0 Å². The Balaban J connectivity index is 1.68. The van der Waals surface area contributed by atoms with Gasteiger partial charge in [-0.25, -0.2) is 19.9 Å². The molecular formula is C23H18Cl2F3N5O3S. The van der Waals surface area contributed by atoms with E-state index in [4.69, 9.17) is 28.3 Å². The Morgan fingerprint density at radius 1 is 1.19 bits per heavy atom. The fourth-order valence-electron chi connectivity index (χ4n) is 2.95. The lowest BCUT2D eigenvalue weighted by Crippen LogP contribution is -2.13. The normalized spacial score (nSPS) is 12.0. The van der Waals surface area contributed by atoms with Gasteiger partial charge in [0.1, 0.15) is 33.4 Å². The van der Waals surface area contributed by atoms with E-state index in [0.29, 0.717) is 23.9 Å². The number of aliphatic hydroxyl groups excluding tert-OH is 1. The zero-order valence-electron chi connectivity index (χ0n) is 19.1. The van der Waals surface area contributed by atoms with Crippen molar-refractivity contribution in [3.05, 3.63) is 61.7 Å². The number of pyridine rings is 1. The van der Waals surface area contributed by atoms with Gasteiger partial charge in [0.2, 0.25) is 0 Å². The highest BCUT2D eigenvalue weighted by Crippen LogP contribution is 2.35. The maximum absolute atomic E-state index is 13.0. The van der Waals surface area contributed by atoms with E-state index in [-0.39, 0.29) is 45.9 Å². The molecule has 3 aromatic rings. The standard InChI is InChI=1S/C23H18Cl2F3N5O3S/c1-12(7-16(35)20-19(25)15(31-11-32-20)5-3-2-4-6-34)22-30-10-17(37-22)21(36)33-18-8-13(23(26,27)28)14(24)9-29-18/h8-12,34H,2,4,6-7H2,1H3,(H,29,33,36)/t12-/m0/s1. The number of rotatable bonds is 8. The highest BCUT2D eigenvalue weighted by molar-refractivity contribution is 7.13. The van der Waals surface area contributed by atoms with Crippen LogP contribution in [0.5, 0.6) is 0 Å². The van der Waals surface area contributed by atoms with Crippen molar-refractivity contribution in [1.82, 2.24) is 19.9 Å². The number of anilines is 1. The molecule has 3 rings (SSSR count). The van der Waals surface area contributed by atoms with Crippen molar-refractivity contribution in [2.45, 2.75) is 38.3 Å². The fraction of sp³-hybridized carbons (Fsp3) is 0.304. The number of thiazole rings is 1. The van der Waals surface area contributed by atoms with Gasteiger partial charge in [-0.2, -0.15) is 13.2 Å². The maximum Gasteiger partial charge on any atom is 0.418 e. The summed E-state index contributed by atoms with van der Waals surface area (Å²) in [6.07, 6.45) is -0.562. The first-order valence-electron chi connectivity index (χ1n) is 10.6. The van der Waals surface area contributed by atoms with Gasteiger partial charge < -0.3 is 10.4 Å². The van der Waals surface area contributed by atoms with E-state index < -0.39 is 28.6 Å². The number of carbonyl (C=O) groups is 2. The van der Waals surface area contributed by atoms with Gasteiger partial charge in [0.25, 0.3) is 5.91 Å². The Labute approximate surface area is 223 Å². The van der Waals surface area contributed by atoms with Gasteiger partial charge in [-0.3, -0.25) is 9.59 Å². The lowest BCUT2D eigenvalue weighted by molar-refractivity contribution is -0.137. The topological polar surface area (TPSA) is 118 Å². The van der Waals surface area contributed by atoms with Crippen molar-refractivity contribution in [2.75, 3.05) is 11.9 Å². The highest BCUT2D eigenvalue weighted by Gasteiger charge is 2.34. The molecule has 1 atom stereocenters. The number of aliphatic hydroxyl groups is 1. The molecule has 0 aliphatic heterocycles. The van der Waals surface area contributed by atoms with Crippen LogP contribution in [0.25, 0.3) is 0 Å². The minimum Gasteiger partial charge on any atom is -0.396 e. The second kappa shape index (κ2) is 12.4. The van der Waals surface area contributed by atoms with Crippen LogP contribution in [-0.2, 0) is 6.18 Å². The zero-order valence-corrected chi connectivity index (χ0v) is 21.4. The number of nitrogens with zero attached hydrogens (tertiary/aromatic N) is 4. The summed E-state index contributed by atoms with van der Waals surface area (Å²) in [5, 5.41) is 11.0. The number of nitrogens with one attached hydrogen (secondary N) is 1. The molecule has 37 heavy (non-hydrogen) atoms. The molecular weight excluding hydrogens is 554 g/mol. The third kappa shape index (κ3) is 7.45. The number of amides is 1. The van der Waals surface area contributed by atoms with Gasteiger partial charge in [-0.15, -0.1) is 11.3 Å². The van der Waals surface area contributed by atoms with E-state index in [0.717, 1.165) is 17.5 Å². The number of Topliss-reactive ketones (excluding diaryl/α,β-unsaturated/α-hetero) is 1. The van der Waals surface area contributed by atoms with Crippen LogP contribution in [0.3, 0.4) is 0 Å². The van der Waals surface area contributed by atoms with Gasteiger partial charge >= 0.3 is 6.18 Å². The summed E-state index contributed by atoms with van der Waals surface area (Å²) in [6, 6.07) is 0.639. The predicted octanol–water partition coefficient (Wildman–Crippen LogP) is 5.41. The third-order valence-electron chi connectivity index (χ3n) is 4.78. The quantitative estimate of drug-likeness (QED) is 0.211. The first-order valence-corrected chi connectivity index (χ1v) is 12.2. The van der Waals surface area contributed by atoms with Crippen molar-refractivity contribution in [3.63, 3.8) is 0 Å². The van der Waals surface area contributed by atoms with Gasteiger partial charge in [-0.05, 0) is 18.4 Å². The molecule has 8 nitrogen and oxygen atoms in total. The van der Waals surface area contributed by atoms with Gasteiger partial charge in [0.05, 0.1) is 21.8 Å². The van der Waals surface area contributed by atoms with Crippen LogP contribution in [0.2, 0.25) is 10.0 Å². The molecule has 1 amide bonds. The second-order valence-electron chi connectivity index (χ2n) is 7.61. The van der Waals surface area contributed by atoms with Crippen molar-refractivity contribution < 1.29 is 27.9 Å². The van der Waals surface area contributed by atoms with E-state index in [2.05, 4.69) is 37.1 Å². The smallest absolute Gasteiger partial charge is 0.396 e. The monoisotopic (exact) mass is 571 g/mol. The summed E-state index contributed by atoms with van der Waals surface area (Å²) >= 11 is 12.8. The van der Waals surface area contributed by atoms with Crippen LogP contribution in [-0.4, -0.2) is 43.3 Å². The average Bonchev–Trinajstić information content (AvgIpc) is 3.34. The van der Waals surface area contributed by atoms with Crippen LogP contribution in [0.4, 0.5) is 19.0 Å². The molecule has 0 bridgehead atoms.